The van der Waals surface area contributed by atoms with Gasteiger partial charge in [-0.1, -0.05) is 13.8 Å². The molecule has 0 bridgehead atoms. The van der Waals surface area contributed by atoms with Gasteiger partial charge < -0.3 is 0 Å². The molecular formula is C11H20N2. The van der Waals surface area contributed by atoms with E-state index in [-0.39, 0.29) is 0 Å². The number of rotatable bonds is 2. The standard InChI is InChI=1S/C11H20N2/c1-9-6-10(2)8-11(7-9)13(3)5-4-12/h9-11H,5-8H2,1-3H3. The third kappa shape index (κ3) is 3.00. The maximum atomic E-state index is 8.61. The van der Waals surface area contributed by atoms with Crippen LogP contribution in [0.3, 0.4) is 0 Å². The Balaban J connectivity index is 2.45. The molecule has 1 saturated carbocycles. The molecule has 2 unspecified atom stereocenters. The average molecular weight is 180 g/mol. The van der Waals surface area contributed by atoms with E-state index in [2.05, 4.69) is 31.9 Å². The highest BCUT2D eigenvalue weighted by molar-refractivity contribution is 4.84. The average Bonchev–Trinajstić information content (AvgIpc) is 2.03. The van der Waals surface area contributed by atoms with Gasteiger partial charge in [-0.2, -0.15) is 5.26 Å². The Hall–Kier alpha value is -0.550. The quantitative estimate of drug-likeness (QED) is 0.609. The second-order valence-corrected chi connectivity index (χ2v) is 4.64. The van der Waals surface area contributed by atoms with Gasteiger partial charge in [-0.05, 0) is 38.1 Å². The summed E-state index contributed by atoms with van der Waals surface area (Å²) in [6.07, 6.45) is 3.89. The van der Waals surface area contributed by atoms with Gasteiger partial charge in [0.1, 0.15) is 0 Å². The summed E-state index contributed by atoms with van der Waals surface area (Å²) in [5, 5.41) is 8.61. The van der Waals surface area contributed by atoms with E-state index in [1.54, 1.807) is 0 Å². The van der Waals surface area contributed by atoms with Crippen LogP contribution in [0.5, 0.6) is 0 Å². The number of hydrogen-bond donors (Lipinski definition) is 0. The van der Waals surface area contributed by atoms with Gasteiger partial charge in [0.25, 0.3) is 0 Å². The van der Waals surface area contributed by atoms with E-state index < -0.39 is 0 Å². The van der Waals surface area contributed by atoms with Gasteiger partial charge in [-0.15, -0.1) is 0 Å². The summed E-state index contributed by atoms with van der Waals surface area (Å²) < 4.78 is 0. The fourth-order valence-corrected chi connectivity index (χ4v) is 2.51. The van der Waals surface area contributed by atoms with Crippen LogP contribution in [0.2, 0.25) is 0 Å². The summed E-state index contributed by atoms with van der Waals surface area (Å²) in [6.45, 7) is 5.22. The Morgan fingerprint density at radius 1 is 1.23 bits per heavy atom. The van der Waals surface area contributed by atoms with Gasteiger partial charge in [0.15, 0.2) is 0 Å². The maximum absolute atomic E-state index is 8.61. The molecule has 1 aliphatic rings. The molecule has 0 N–H and O–H groups in total. The molecule has 1 fully saturated rings. The van der Waals surface area contributed by atoms with Crippen molar-refractivity contribution in [3.63, 3.8) is 0 Å². The maximum Gasteiger partial charge on any atom is 0.0865 e. The Labute approximate surface area is 81.5 Å². The lowest BCUT2D eigenvalue weighted by Gasteiger charge is -2.36. The molecule has 2 atom stereocenters. The van der Waals surface area contributed by atoms with Crippen molar-refractivity contribution >= 4 is 0 Å². The van der Waals surface area contributed by atoms with Crippen LogP contribution in [0.25, 0.3) is 0 Å². The van der Waals surface area contributed by atoms with Gasteiger partial charge in [0.2, 0.25) is 0 Å². The van der Waals surface area contributed by atoms with Crippen LogP contribution in [0.4, 0.5) is 0 Å². The monoisotopic (exact) mass is 180 g/mol. The predicted octanol–water partition coefficient (Wildman–Crippen LogP) is 2.27. The summed E-state index contributed by atoms with van der Waals surface area (Å²) >= 11 is 0. The third-order valence-electron chi connectivity index (χ3n) is 3.10. The van der Waals surface area contributed by atoms with Crippen molar-refractivity contribution in [1.82, 2.24) is 4.90 Å². The summed E-state index contributed by atoms with van der Waals surface area (Å²) in [5.41, 5.74) is 0. The molecule has 0 aromatic heterocycles. The summed E-state index contributed by atoms with van der Waals surface area (Å²) in [4.78, 5) is 2.20. The second kappa shape index (κ2) is 4.62. The van der Waals surface area contributed by atoms with Crippen LogP contribution in [0, 0.1) is 23.2 Å². The van der Waals surface area contributed by atoms with Crippen LogP contribution >= 0.6 is 0 Å². The molecule has 13 heavy (non-hydrogen) atoms. The normalized spacial score (nSPS) is 34.5. The fraction of sp³-hybridized carbons (Fsp3) is 0.909. The topological polar surface area (TPSA) is 27.0 Å². The molecule has 0 amide bonds. The van der Waals surface area contributed by atoms with Gasteiger partial charge in [0, 0.05) is 6.04 Å². The van der Waals surface area contributed by atoms with E-state index in [4.69, 9.17) is 5.26 Å². The molecule has 0 aromatic rings. The number of nitriles is 1. The molecule has 2 heteroatoms. The molecule has 1 aliphatic carbocycles. The lowest BCUT2D eigenvalue weighted by Crippen LogP contribution is -2.38. The predicted molar refractivity (Wildman–Crippen MR) is 54.2 cm³/mol. The van der Waals surface area contributed by atoms with Crippen molar-refractivity contribution in [1.29, 1.82) is 5.26 Å². The van der Waals surface area contributed by atoms with E-state index in [0.29, 0.717) is 12.6 Å². The van der Waals surface area contributed by atoms with E-state index >= 15 is 0 Å². The lowest BCUT2D eigenvalue weighted by atomic mass is 9.80. The molecular weight excluding hydrogens is 160 g/mol. The van der Waals surface area contributed by atoms with Gasteiger partial charge in [-0.25, -0.2) is 0 Å². The first-order valence-corrected chi connectivity index (χ1v) is 5.20. The van der Waals surface area contributed by atoms with Crippen LogP contribution < -0.4 is 0 Å². The molecule has 0 saturated heterocycles. The minimum Gasteiger partial charge on any atom is -0.291 e. The fourth-order valence-electron chi connectivity index (χ4n) is 2.51. The summed E-state index contributed by atoms with van der Waals surface area (Å²) in [7, 11) is 2.07. The minimum absolute atomic E-state index is 0.574. The van der Waals surface area contributed by atoms with Crippen molar-refractivity contribution in [3.05, 3.63) is 0 Å². The zero-order chi connectivity index (χ0) is 9.84. The lowest BCUT2D eigenvalue weighted by molar-refractivity contribution is 0.145. The third-order valence-corrected chi connectivity index (χ3v) is 3.10. The van der Waals surface area contributed by atoms with Gasteiger partial charge in [-0.3, -0.25) is 4.90 Å². The first-order chi connectivity index (χ1) is 6.13. The highest BCUT2D eigenvalue weighted by atomic mass is 15.1. The minimum atomic E-state index is 0.574. The summed E-state index contributed by atoms with van der Waals surface area (Å²) in [5.74, 6) is 1.66. The number of nitrogens with zero attached hydrogens (tertiary/aromatic N) is 2. The van der Waals surface area contributed by atoms with Crippen molar-refractivity contribution < 1.29 is 0 Å². The molecule has 0 spiro atoms. The van der Waals surface area contributed by atoms with Crippen LogP contribution in [-0.2, 0) is 0 Å². The van der Waals surface area contributed by atoms with Crippen LogP contribution in [0.15, 0.2) is 0 Å². The van der Waals surface area contributed by atoms with E-state index in [9.17, 15) is 0 Å². The molecule has 0 heterocycles. The zero-order valence-electron chi connectivity index (χ0n) is 8.95. The molecule has 1 rings (SSSR count). The van der Waals surface area contributed by atoms with E-state index in [0.717, 1.165) is 11.8 Å². The highest BCUT2D eigenvalue weighted by Gasteiger charge is 2.26. The molecule has 0 radical (unpaired) electrons. The Morgan fingerprint density at radius 3 is 2.23 bits per heavy atom. The van der Waals surface area contributed by atoms with Crippen molar-refractivity contribution in [3.8, 4) is 6.07 Å². The van der Waals surface area contributed by atoms with Crippen molar-refractivity contribution in [2.24, 2.45) is 11.8 Å². The molecule has 74 valence electrons. The van der Waals surface area contributed by atoms with Crippen molar-refractivity contribution in [2.45, 2.75) is 39.2 Å². The Bertz CT molecular complexity index is 185. The van der Waals surface area contributed by atoms with Gasteiger partial charge in [0.05, 0.1) is 12.6 Å². The zero-order valence-corrected chi connectivity index (χ0v) is 8.95. The first kappa shape index (κ1) is 10.5. The highest BCUT2D eigenvalue weighted by Crippen LogP contribution is 2.30. The molecule has 2 nitrogen and oxygen atoms in total. The number of hydrogen-bond acceptors (Lipinski definition) is 2. The molecule has 0 aromatic carbocycles. The smallest absolute Gasteiger partial charge is 0.0865 e. The first-order valence-electron chi connectivity index (χ1n) is 5.20. The Morgan fingerprint density at radius 2 is 1.77 bits per heavy atom. The Kier molecular flexibility index (Phi) is 3.74. The van der Waals surface area contributed by atoms with Crippen LogP contribution in [0.1, 0.15) is 33.1 Å². The SMILES string of the molecule is CC1CC(C)CC(N(C)CC#N)C1. The second-order valence-electron chi connectivity index (χ2n) is 4.64. The van der Waals surface area contributed by atoms with E-state index in [1.807, 2.05) is 0 Å². The van der Waals surface area contributed by atoms with Gasteiger partial charge >= 0.3 is 0 Å². The largest absolute Gasteiger partial charge is 0.291 e. The van der Waals surface area contributed by atoms with Crippen LogP contribution in [-0.4, -0.2) is 24.5 Å². The molecule has 0 aliphatic heterocycles. The summed E-state index contributed by atoms with van der Waals surface area (Å²) in [6, 6.07) is 2.86. The van der Waals surface area contributed by atoms with E-state index in [1.165, 1.54) is 19.3 Å². The van der Waals surface area contributed by atoms with Crippen molar-refractivity contribution in [2.75, 3.05) is 13.6 Å².